The second-order valence-corrected chi connectivity index (χ2v) is 6.19. The number of rotatable bonds is 2. The largest absolute Gasteiger partial charge is 0.443 e. The molecule has 1 atom stereocenters. The summed E-state index contributed by atoms with van der Waals surface area (Å²) in [6.07, 6.45) is 1.29. The van der Waals surface area contributed by atoms with Gasteiger partial charge in [0.2, 0.25) is 0 Å². The molecule has 0 saturated carbocycles. The van der Waals surface area contributed by atoms with Crippen LogP contribution >= 0.6 is 0 Å². The van der Waals surface area contributed by atoms with Gasteiger partial charge in [-0.3, -0.25) is 4.90 Å². The number of benzene rings is 1. The molecule has 1 unspecified atom stereocenters. The number of nitrogens with zero attached hydrogens (tertiary/aromatic N) is 1. The molecular formula is C16H23NO3. The van der Waals surface area contributed by atoms with E-state index >= 15 is 0 Å². The maximum absolute atomic E-state index is 12.3. The second kappa shape index (κ2) is 5.83. The minimum absolute atomic E-state index is 0.172. The molecule has 0 radical (unpaired) electrons. The third-order valence-corrected chi connectivity index (χ3v) is 3.46. The fourth-order valence-corrected chi connectivity index (χ4v) is 2.60. The number of hydrogen-bond acceptors (Lipinski definition) is 3. The molecule has 20 heavy (non-hydrogen) atoms. The molecule has 1 aromatic carbocycles. The fraction of sp³-hybridized carbons (Fsp3) is 0.562. The Hall–Kier alpha value is -1.55. The summed E-state index contributed by atoms with van der Waals surface area (Å²) < 4.78 is 5.47. The normalized spacial score (nSPS) is 18.6. The van der Waals surface area contributed by atoms with Gasteiger partial charge in [-0.15, -0.1) is 0 Å². The van der Waals surface area contributed by atoms with Crippen molar-refractivity contribution in [1.29, 1.82) is 0 Å². The number of anilines is 1. The van der Waals surface area contributed by atoms with Crippen LogP contribution in [0.4, 0.5) is 10.5 Å². The summed E-state index contributed by atoms with van der Waals surface area (Å²) in [5.74, 6) is 0.315. The molecule has 2 rings (SSSR count). The van der Waals surface area contributed by atoms with Crippen LogP contribution < -0.4 is 4.90 Å². The van der Waals surface area contributed by atoms with Gasteiger partial charge >= 0.3 is 6.09 Å². The molecule has 0 aromatic heterocycles. The Morgan fingerprint density at radius 1 is 1.40 bits per heavy atom. The molecule has 1 aliphatic heterocycles. The molecular weight excluding hydrogens is 254 g/mol. The maximum Gasteiger partial charge on any atom is 0.414 e. The lowest BCUT2D eigenvalue weighted by Crippen LogP contribution is -2.40. The van der Waals surface area contributed by atoms with Crippen molar-refractivity contribution in [3.05, 3.63) is 29.8 Å². The van der Waals surface area contributed by atoms with Crippen molar-refractivity contribution in [2.24, 2.45) is 0 Å². The number of hydrogen-bond donors (Lipinski definition) is 1. The van der Waals surface area contributed by atoms with Crippen LogP contribution in [-0.2, 0) is 4.74 Å². The van der Waals surface area contributed by atoms with Crippen LogP contribution in [0.3, 0.4) is 0 Å². The van der Waals surface area contributed by atoms with Gasteiger partial charge in [0.1, 0.15) is 5.60 Å². The second-order valence-electron chi connectivity index (χ2n) is 6.19. The maximum atomic E-state index is 12.3. The van der Waals surface area contributed by atoms with E-state index in [2.05, 4.69) is 0 Å². The minimum Gasteiger partial charge on any atom is -0.443 e. The van der Waals surface area contributed by atoms with Crippen LogP contribution in [0, 0.1) is 0 Å². The van der Waals surface area contributed by atoms with Crippen LogP contribution in [-0.4, -0.2) is 30.0 Å². The third kappa shape index (κ3) is 3.31. The number of aliphatic hydroxyl groups is 1. The topological polar surface area (TPSA) is 49.8 Å². The Bertz CT molecular complexity index is 479. The molecule has 1 aliphatic rings. The van der Waals surface area contributed by atoms with E-state index in [9.17, 15) is 4.79 Å². The predicted molar refractivity (Wildman–Crippen MR) is 79.1 cm³/mol. The van der Waals surface area contributed by atoms with Crippen molar-refractivity contribution in [2.75, 3.05) is 18.1 Å². The minimum atomic E-state index is -0.492. The Labute approximate surface area is 120 Å². The lowest BCUT2D eigenvalue weighted by Gasteiger charge is -2.35. The smallest absolute Gasteiger partial charge is 0.414 e. The van der Waals surface area contributed by atoms with Crippen molar-refractivity contribution >= 4 is 11.8 Å². The van der Waals surface area contributed by atoms with E-state index in [1.165, 1.54) is 0 Å². The molecule has 110 valence electrons. The number of fused-ring (bicyclic) bond motifs is 1. The molecule has 0 bridgehead atoms. The number of para-hydroxylation sites is 1. The number of ether oxygens (including phenoxy) is 1. The average molecular weight is 277 g/mol. The number of aliphatic hydroxyl groups excluding tert-OH is 1. The monoisotopic (exact) mass is 277 g/mol. The highest BCUT2D eigenvalue weighted by Crippen LogP contribution is 2.37. The van der Waals surface area contributed by atoms with Crippen LogP contribution in [0.15, 0.2) is 24.3 Å². The van der Waals surface area contributed by atoms with Crippen molar-refractivity contribution in [3.8, 4) is 0 Å². The van der Waals surface area contributed by atoms with Gasteiger partial charge in [-0.2, -0.15) is 0 Å². The fourth-order valence-electron chi connectivity index (χ4n) is 2.60. The Morgan fingerprint density at radius 2 is 2.10 bits per heavy atom. The summed E-state index contributed by atoms with van der Waals surface area (Å²) in [6.45, 7) is 6.42. The summed E-state index contributed by atoms with van der Waals surface area (Å²) >= 11 is 0. The predicted octanol–water partition coefficient (Wildman–Crippen LogP) is 3.30. The van der Waals surface area contributed by atoms with Gasteiger partial charge in [-0.1, -0.05) is 18.2 Å². The lowest BCUT2D eigenvalue weighted by atomic mass is 9.88. The molecule has 0 fully saturated rings. The van der Waals surface area contributed by atoms with E-state index in [-0.39, 0.29) is 12.7 Å². The van der Waals surface area contributed by atoms with Crippen molar-refractivity contribution in [3.63, 3.8) is 0 Å². The first-order chi connectivity index (χ1) is 9.42. The number of carbonyl (C=O) groups is 1. The first kappa shape index (κ1) is 14.9. The highest BCUT2D eigenvalue weighted by Gasteiger charge is 2.30. The average Bonchev–Trinajstić information content (AvgIpc) is 2.37. The zero-order chi connectivity index (χ0) is 14.8. The van der Waals surface area contributed by atoms with Gasteiger partial charge in [0, 0.05) is 13.2 Å². The van der Waals surface area contributed by atoms with Crippen LogP contribution in [0.5, 0.6) is 0 Å². The summed E-state index contributed by atoms with van der Waals surface area (Å²) in [6, 6.07) is 7.88. The Kier molecular flexibility index (Phi) is 4.33. The molecule has 1 heterocycles. The van der Waals surface area contributed by atoms with Crippen LogP contribution in [0.25, 0.3) is 0 Å². The number of carbonyl (C=O) groups excluding carboxylic acids is 1. The molecule has 1 N–H and O–H groups in total. The van der Waals surface area contributed by atoms with Gasteiger partial charge in [0.15, 0.2) is 0 Å². The van der Waals surface area contributed by atoms with E-state index in [0.717, 1.165) is 24.1 Å². The van der Waals surface area contributed by atoms with E-state index in [4.69, 9.17) is 9.84 Å². The molecule has 0 aliphatic carbocycles. The van der Waals surface area contributed by atoms with Crippen molar-refractivity contribution in [1.82, 2.24) is 0 Å². The van der Waals surface area contributed by atoms with Crippen LogP contribution in [0.2, 0.25) is 0 Å². The zero-order valence-corrected chi connectivity index (χ0v) is 12.4. The van der Waals surface area contributed by atoms with Gasteiger partial charge < -0.3 is 9.84 Å². The Balaban J connectivity index is 2.25. The highest BCUT2D eigenvalue weighted by molar-refractivity contribution is 5.89. The molecule has 4 heteroatoms. The van der Waals surface area contributed by atoms with Crippen molar-refractivity contribution < 1.29 is 14.6 Å². The SMILES string of the molecule is CC(C)(C)OC(=O)N1CCC(CCO)c2ccccc21. The van der Waals surface area contributed by atoms with E-state index < -0.39 is 5.60 Å². The van der Waals surface area contributed by atoms with Gasteiger partial charge in [0.25, 0.3) is 0 Å². The standard InChI is InChI=1S/C16H23NO3/c1-16(2,3)20-15(19)17-10-8-12(9-11-18)13-6-4-5-7-14(13)17/h4-7,12,18H,8-11H2,1-3H3. The molecule has 1 amide bonds. The van der Waals surface area contributed by atoms with Gasteiger partial charge in [0.05, 0.1) is 5.69 Å². The van der Waals surface area contributed by atoms with E-state index in [1.54, 1.807) is 4.90 Å². The third-order valence-electron chi connectivity index (χ3n) is 3.46. The molecule has 0 spiro atoms. The van der Waals surface area contributed by atoms with Crippen molar-refractivity contribution in [2.45, 2.75) is 45.1 Å². The number of amides is 1. The zero-order valence-electron chi connectivity index (χ0n) is 12.4. The molecule has 4 nitrogen and oxygen atoms in total. The summed E-state index contributed by atoms with van der Waals surface area (Å²) in [5.41, 5.74) is 1.54. The summed E-state index contributed by atoms with van der Waals surface area (Å²) in [5, 5.41) is 9.17. The molecule has 1 aromatic rings. The molecule has 0 saturated heterocycles. The highest BCUT2D eigenvalue weighted by atomic mass is 16.6. The van der Waals surface area contributed by atoms with E-state index in [1.807, 2.05) is 45.0 Å². The first-order valence-corrected chi connectivity index (χ1v) is 7.12. The van der Waals surface area contributed by atoms with E-state index in [0.29, 0.717) is 12.5 Å². The van der Waals surface area contributed by atoms with Crippen LogP contribution in [0.1, 0.15) is 45.1 Å². The quantitative estimate of drug-likeness (QED) is 0.902. The summed E-state index contributed by atoms with van der Waals surface area (Å²) in [7, 11) is 0. The van der Waals surface area contributed by atoms with Gasteiger partial charge in [-0.05, 0) is 51.2 Å². The Morgan fingerprint density at radius 3 is 2.75 bits per heavy atom. The lowest BCUT2D eigenvalue weighted by molar-refractivity contribution is 0.0576. The first-order valence-electron chi connectivity index (χ1n) is 7.12. The van der Waals surface area contributed by atoms with Gasteiger partial charge in [-0.25, -0.2) is 4.79 Å². The summed E-state index contributed by atoms with van der Waals surface area (Å²) in [4.78, 5) is 14.0.